The van der Waals surface area contributed by atoms with E-state index in [1.165, 1.54) is 4.57 Å². The molecule has 1 amide bonds. The molecule has 190 valence electrons. The number of hydrogen-bond donors (Lipinski definition) is 2. The Morgan fingerprint density at radius 1 is 1.03 bits per heavy atom. The van der Waals surface area contributed by atoms with Gasteiger partial charge in [-0.05, 0) is 80.4 Å². The minimum atomic E-state index is -0.777. The number of nitrogens with zero attached hydrogens (tertiary/aromatic N) is 2. The van der Waals surface area contributed by atoms with E-state index in [-0.39, 0.29) is 42.4 Å². The van der Waals surface area contributed by atoms with E-state index in [1.54, 1.807) is 79.7 Å². The van der Waals surface area contributed by atoms with Crippen LogP contribution in [0.15, 0.2) is 82.9 Å². The fourth-order valence-corrected chi connectivity index (χ4v) is 4.07. The van der Waals surface area contributed by atoms with Crippen LogP contribution in [0.1, 0.15) is 18.9 Å². The number of anilines is 2. The Kier molecular flexibility index (Phi) is 7.52. The minimum absolute atomic E-state index is 0.131. The standard InChI is InChI=1S/C28H28N4O5/c1-4-37-28(35)25(29)23-14-16-32(27(34)26(23)30-19-5-11-22(36-3)12-6-19)21-9-7-20(8-10-21)31-15-13-18(2)17-24(31)33/h5-13,15,17,29-30H,4,14,16H2,1-3H3. The van der Waals surface area contributed by atoms with Crippen molar-refractivity contribution in [2.45, 2.75) is 20.3 Å². The lowest BCUT2D eigenvalue weighted by Gasteiger charge is -2.31. The van der Waals surface area contributed by atoms with Crippen LogP contribution in [0, 0.1) is 12.3 Å². The Morgan fingerprint density at radius 3 is 2.32 bits per heavy atom. The normalized spacial score (nSPS) is 13.4. The van der Waals surface area contributed by atoms with Crippen molar-refractivity contribution in [3.8, 4) is 11.4 Å². The molecule has 37 heavy (non-hydrogen) atoms. The Bertz CT molecular complexity index is 1420. The van der Waals surface area contributed by atoms with Crippen molar-refractivity contribution in [3.05, 3.63) is 94.0 Å². The molecular weight excluding hydrogens is 472 g/mol. The summed E-state index contributed by atoms with van der Waals surface area (Å²) in [5.41, 5.74) is 2.73. The van der Waals surface area contributed by atoms with E-state index in [2.05, 4.69) is 5.32 Å². The van der Waals surface area contributed by atoms with Gasteiger partial charge in [-0.2, -0.15) is 0 Å². The van der Waals surface area contributed by atoms with Crippen LogP contribution >= 0.6 is 0 Å². The highest BCUT2D eigenvalue weighted by Crippen LogP contribution is 2.28. The Hall–Kier alpha value is -4.66. The maximum atomic E-state index is 13.7. The molecule has 2 heterocycles. The minimum Gasteiger partial charge on any atom is -0.497 e. The molecule has 2 aromatic carbocycles. The summed E-state index contributed by atoms with van der Waals surface area (Å²) in [4.78, 5) is 39.9. The van der Waals surface area contributed by atoms with Crippen molar-refractivity contribution in [3.63, 3.8) is 0 Å². The summed E-state index contributed by atoms with van der Waals surface area (Å²) in [5.74, 6) is -0.504. The van der Waals surface area contributed by atoms with Crippen molar-refractivity contribution in [1.29, 1.82) is 5.41 Å². The number of ether oxygens (including phenoxy) is 2. The number of amides is 1. The number of hydrogen-bond acceptors (Lipinski definition) is 7. The van der Waals surface area contributed by atoms with Gasteiger partial charge in [-0.1, -0.05) is 0 Å². The number of pyridine rings is 1. The Balaban J connectivity index is 1.66. The molecule has 2 N–H and O–H groups in total. The predicted molar refractivity (Wildman–Crippen MR) is 142 cm³/mol. The summed E-state index contributed by atoms with van der Waals surface area (Å²) >= 11 is 0. The van der Waals surface area contributed by atoms with Gasteiger partial charge in [0.2, 0.25) is 0 Å². The molecular formula is C28H28N4O5. The first-order valence-corrected chi connectivity index (χ1v) is 11.8. The molecule has 0 aliphatic carbocycles. The summed E-state index contributed by atoms with van der Waals surface area (Å²) in [5, 5.41) is 11.5. The first kappa shape index (κ1) is 25.4. The number of aryl methyl sites for hydroxylation is 1. The third kappa shape index (κ3) is 5.45. The van der Waals surface area contributed by atoms with Crippen LogP contribution in [-0.2, 0) is 14.3 Å². The molecule has 0 atom stereocenters. The fraction of sp³-hybridized carbons (Fsp3) is 0.214. The fourth-order valence-electron chi connectivity index (χ4n) is 4.07. The SMILES string of the molecule is CCOC(=O)C(=N)C1=C(Nc2ccc(OC)cc2)C(=O)N(c2ccc(-n3ccc(C)cc3=O)cc2)CC1. The quantitative estimate of drug-likeness (QED) is 0.359. The molecule has 9 heteroatoms. The maximum absolute atomic E-state index is 13.7. The summed E-state index contributed by atoms with van der Waals surface area (Å²) < 4.78 is 11.7. The largest absolute Gasteiger partial charge is 0.497 e. The maximum Gasteiger partial charge on any atom is 0.356 e. The van der Waals surface area contributed by atoms with Gasteiger partial charge in [0.1, 0.15) is 17.2 Å². The zero-order valence-electron chi connectivity index (χ0n) is 20.9. The van der Waals surface area contributed by atoms with Gasteiger partial charge in [-0.25, -0.2) is 4.79 Å². The lowest BCUT2D eigenvalue weighted by Crippen LogP contribution is -2.41. The second kappa shape index (κ2) is 10.9. The number of carbonyl (C=O) groups excluding carboxylic acids is 2. The van der Waals surface area contributed by atoms with E-state index in [1.807, 2.05) is 13.0 Å². The van der Waals surface area contributed by atoms with Crippen LogP contribution in [0.5, 0.6) is 5.75 Å². The van der Waals surface area contributed by atoms with Gasteiger partial charge in [0, 0.05) is 41.4 Å². The second-order valence-electron chi connectivity index (χ2n) is 8.44. The summed E-state index contributed by atoms with van der Waals surface area (Å²) in [6.07, 6.45) is 1.99. The van der Waals surface area contributed by atoms with Crippen molar-refractivity contribution >= 4 is 29.0 Å². The number of nitrogens with one attached hydrogen (secondary N) is 2. The molecule has 0 bridgehead atoms. The van der Waals surface area contributed by atoms with E-state index in [9.17, 15) is 14.4 Å². The summed E-state index contributed by atoms with van der Waals surface area (Å²) in [6.45, 7) is 3.93. The van der Waals surface area contributed by atoms with Crippen LogP contribution in [0.3, 0.4) is 0 Å². The highest BCUT2D eigenvalue weighted by Gasteiger charge is 2.32. The second-order valence-corrected chi connectivity index (χ2v) is 8.44. The van der Waals surface area contributed by atoms with Gasteiger partial charge in [-0.3, -0.25) is 19.6 Å². The molecule has 9 nitrogen and oxygen atoms in total. The lowest BCUT2D eigenvalue weighted by molar-refractivity contribution is -0.135. The molecule has 1 aliphatic rings. The Morgan fingerprint density at radius 2 is 1.70 bits per heavy atom. The molecule has 1 aliphatic heterocycles. The highest BCUT2D eigenvalue weighted by atomic mass is 16.5. The van der Waals surface area contributed by atoms with Crippen LogP contribution < -0.4 is 20.5 Å². The molecule has 1 aromatic heterocycles. The molecule has 0 saturated heterocycles. The van der Waals surface area contributed by atoms with Gasteiger partial charge in [0.25, 0.3) is 11.5 Å². The van der Waals surface area contributed by atoms with Gasteiger partial charge in [-0.15, -0.1) is 0 Å². The highest BCUT2D eigenvalue weighted by molar-refractivity contribution is 6.43. The number of esters is 1. The van der Waals surface area contributed by atoms with Crippen LogP contribution in [0.2, 0.25) is 0 Å². The number of carbonyl (C=O) groups is 2. The smallest absolute Gasteiger partial charge is 0.356 e. The lowest BCUT2D eigenvalue weighted by atomic mass is 9.98. The van der Waals surface area contributed by atoms with Gasteiger partial charge in [0.05, 0.1) is 13.7 Å². The molecule has 3 aromatic rings. The summed E-state index contributed by atoms with van der Waals surface area (Å²) in [7, 11) is 1.56. The van der Waals surface area contributed by atoms with Crippen molar-refractivity contribution < 1.29 is 19.1 Å². The zero-order chi connectivity index (χ0) is 26.5. The zero-order valence-corrected chi connectivity index (χ0v) is 20.9. The molecule has 0 radical (unpaired) electrons. The first-order chi connectivity index (χ1) is 17.8. The van der Waals surface area contributed by atoms with Gasteiger partial charge >= 0.3 is 5.97 Å². The number of benzene rings is 2. The van der Waals surface area contributed by atoms with Crippen molar-refractivity contribution in [2.75, 3.05) is 30.5 Å². The third-order valence-corrected chi connectivity index (χ3v) is 6.00. The molecule has 0 unspecified atom stereocenters. The van der Waals surface area contributed by atoms with E-state index < -0.39 is 5.97 Å². The number of rotatable bonds is 8. The molecule has 0 saturated carbocycles. The molecule has 0 spiro atoms. The van der Waals surface area contributed by atoms with Crippen molar-refractivity contribution in [2.24, 2.45) is 0 Å². The predicted octanol–water partition coefficient (Wildman–Crippen LogP) is 3.84. The average molecular weight is 501 g/mol. The summed E-state index contributed by atoms with van der Waals surface area (Å²) in [6, 6.07) is 17.5. The third-order valence-electron chi connectivity index (χ3n) is 6.00. The first-order valence-electron chi connectivity index (χ1n) is 11.8. The van der Waals surface area contributed by atoms with Crippen LogP contribution in [0.4, 0.5) is 11.4 Å². The molecule has 0 fully saturated rings. The van der Waals surface area contributed by atoms with Crippen molar-refractivity contribution in [1.82, 2.24) is 4.57 Å². The topological polar surface area (TPSA) is 114 Å². The van der Waals surface area contributed by atoms with E-state index in [4.69, 9.17) is 14.9 Å². The van der Waals surface area contributed by atoms with Gasteiger partial charge < -0.3 is 19.7 Å². The number of methoxy groups -OCH3 is 1. The van der Waals surface area contributed by atoms with Gasteiger partial charge in [0.15, 0.2) is 0 Å². The van der Waals surface area contributed by atoms with E-state index >= 15 is 0 Å². The van der Waals surface area contributed by atoms with E-state index in [0.717, 1.165) is 5.56 Å². The average Bonchev–Trinajstić information content (AvgIpc) is 2.90. The van der Waals surface area contributed by atoms with E-state index in [0.29, 0.717) is 28.4 Å². The molecule has 4 rings (SSSR count). The Labute approximate surface area is 214 Å². The van der Waals surface area contributed by atoms with Crippen LogP contribution in [-0.4, -0.2) is 42.4 Å². The monoisotopic (exact) mass is 500 g/mol. The number of aromatic nitrogens is 1. The van der Waals surface area contributed by atoms with Crippen LogP contribution in [0.25, 0.3) is 5.69 Å².